The number of morpholine rings is 1. The van der Waals surface area contributed by atoms with Crippen LogP contribution in [0.15, 0.2) is 18.2 Å². The third-order valence-corrected chi connectivity index (χ3v) is 3.58. The number of nitrogens with zero attached hydrogens (tertiary/aromatic N) is 2. The highest BCUT2D eigenvalue weighted by molar-refractivity contribution is 5.41. The lowest BCUT2D eigenvalue weighted by Gasteiger charge is -2.39. The number of hydrogen-bond acceptors (Lipinski definition) is 4. The number of rotatable bonds is 1. The first kappa shape index (κ1) is 10.7. The third-order valence-electron chi connectivity index (χ3n) is 3.58. The molecule has 0 amide bonds. The van der Waals surface area contributed by atoms with Crippen LogP contribution in [0.25, 0.3) is 0 Å². The molecule has 0 saturated carbocycles. The summed E-state index contributed by atoms with van der Waals surface area (Å²) >= 11 is 0. The summed E-state index contributed by atoms with van der Waals surface area (Å²) in [5.74, 6) is 0. The normalized spacial score (nSPS) is 23.9. The lowest BCUT2D eigenvalue weighted by Crippen LogP contribution is -2.48. The summed E-state index contributed by atoms with van der Waals surface area (Å²) in [6.45, 7) is 3.27. The fraction of sp³-hybridized carbons (Fsp3) is 0.500. The van der Waals surface area contributed by atoms with Gasteiger partial charge in [-0.3, -0.25) is 15.0 Å². The zero-order valence-electron chi connectivity index (χ0n) is 9.46. The summed E-state index contributed by atoms with van der Waals surface area (Å²) in [6.07, 6.45) is 0.938. The minimum absolute atomic E-state index is 0.190. The Hall–Kier alpha value is -1.46. The molecular formula is C12H14N2O3. The van der Waals surface area contributed by atoms with Gasteiger partial charge in [0.15, 0.2) is 0 Å². The SMILES string of the molecule is O=[N+]([O-])c1ccc2c(c1)CN1CCOCC1C2. The molecule has 2 heterocycles. The molecular weight excluding hydrogens is 220 g/mol. The number of ether oxygens (including phenoxy) is 1. The highest BCUT2D eigenvalue weighted by atomic mass is 16.6. The molecule has 5 nitrogen and oxygen atoms in total. The largest absolute Gasteiger partial charge is 0.378 e. The Morgan fingerprint density at radius 1 is 1.41 bits per heavy atom. The van der Waals surface area contributed by atoms with Gasteiger partial charge in [-0.25, -0.2) is 0 Å². The van der Waals surface area contributed by atoms with E-state index in [0.29, 0.717) is 6.04 Å². The van der Waals surface area contributed by atoms with Gasteiger partial charge in [-0.05, 0) is 17.5 Å². The first-order chi connectivity index (χ1) is 8.24. The maximum absolute atomic E-state index is 10.7. The van der Waals surface area contributed by atoms with Gasteiger partial charge in [0.25, 0.3) is 5.69 Å². The van der Waals surface area contributed by atoms with Gasteiger partial charge in [0, 0.05) is 31.3 Å². The molecule has 2 aliphatic rings. The summed E-state index contributed by atoms with van der Waals surface area (Å²) in [5, 5.41) is 10.7. The minimum Gasteiger partial charge on any atom is -0.378 e. The first-order valence-electron chi connectivity index (χ1n) is 5.82. The molecule has 1 aromatic carbocycles. The van der Waals surface area contributed by atoms with Crippen LogP contribution in [-0.4, -0.2) is 35.6 Å². The van der Waals surface area contributed by atoms with Gasteiger partial charge in [-0.1, -0.05) is 6.07 Å². The topological polar surface area (TPSA) is 55.6 Å². The predicted molar refractivity (Wildman–Crippen MR) is 61.8 cm³/mol. The Labute approximate surface area is 99.1 Å². The van der Waals surface area contributed by atoms with Crippen molar-refractivity contribution in [2.45, 2.75) is 19.0 Å². The Morgan fingerprint density at radius 3 is 3.12 bits per heavy atom. The minimum atomic E-state index is -0.328. The van der Waals surface area contributed by atoms with Gasteiger partial charge in [0.05, 0.1) is 18.1 Å². The fourth-order valence-electron chi connectivity index (χ4n) is 2.63. The molecule has 1 saturated heterocycles. The number of nitro benzene ring substituents is 1. The van der Waals surface area contributed by atoms with Gasteiger partial charge in [-0.2, -0.15) is 0 Å². The van der Waals surface area contributed by atoms with Crippen molar-refractivity contribution >= 4 is 5.69 Å². The summed E-state index contributed by atoms with van der Waals surface area (Å²) in [4.78, 5) is 12.8. The van der Waals surface area contributed by atoms with Crippen LogP contribution in [0.5, 0.6) is 0 Å². The van der Waals surface area contributed by atoms with Gasteiger partial charge in [0.1, 0.15) is 0 Å². The Balaban J connectivity index is 1.91. The third kappa shape index (κ3) is 1.92. The van der Waals surface area contributed by atoms with Crippen molar-refractivity contribution in [3.05, 3.63) is 39.4 Å². The van der Waals surface area contributed by atoms with E-state index >= 15 is 0 Å². The van der Waals surface area contributed by atoms with Gasteiger partial charge >= 0.3 is 0 Å². The summed E-state index contributed by atoms with van der Waals surface area (Å²) in [6, 6.07) is 5.64. The summed E-state index contributed by atoms with van der Waals surface area (Å²) < 4.78 is 5.47. The maximum Gasteiger partial charge on any atom is 0.269 e. The van der Waals surface area contributed by atoms with Crippen molar-refractivity contribution in [3.63, 3.8) is 0 Å². The highest BCUT2D eigenvalue weighted by Gasteiger charge is 2.29. The molecule has 5 heteroatoms. The molecule has 1 unspecified atom stereocenters. The van der Waals surface area contributed by atoms with Gasteiger partial charge in [0.2, 0.25) is 0 Å². The van der Waals surface area contributed by atoms with Crippen LogP contribution in [0, 0.1) is 10.1 Å². The molecule has 17 heavy (non-hydrogen) atoms. The summed E-state index contributed by atoms with van der Waals surface area (Å²) in [7, 11) is 0. The monoisotopic (exact) mass is 234 g/mol. The average Bonchev–Trinajstić information content (AvgIpc) is 2.35. The quantitative estimate of drug-likeness (QED) is 0.543. The molecule has 0 aliphatic carbocycles. The van der Waals surface area contributed by atoms with Crippen LogP contribution in [0.4, 0.5) is 5.69 Å². The lowest BCUT2D eigenvalue weighted by atomic mass is 9.93. The van der Waals surface area contributed by atoms with Crippen molar-refractivity contribution in [1.29, 1.82) is 0 Å². The van der Waals surface area contributed by atoms with E-state index < -0.39 is 0 Å². The van der Waals surface area contributed by atoms with E-state index in [1.165, 1.54) is 5.56 Å². The van der Waals surface area contributed by atoms with Crippen LogP contribution >= 0.6 is 0 Å². The second kappa shape index (κ2) is 4.09. The van der Waals surface area contributed by atoms with Gasteiger partial charge < -0.3 is 4.74 Å². The maximum atomic E-state index is 10.7. The predicted octanol–water partition coefficient (Wildman–Crippen LogP) is 1.35. The van der Waals surface area contributed by atoms with Crippen molar-refractivity contribution in [3.8, 4) is 0 Å². The average molecular weight is 234 g/mol. The first-order valence-corrected chi connectivity index (χ1v) is 5.82. The molecule has 1 aromatic rings. The second-order valence-electron chi connectivity index (χ2n) is 4.61. The lowest BCUT2D eigenvalue weighted by molar-refractivity contribution is -0.385. The van der Waals surface area contributed by atoms with E-state index in [1.807, 2.05) is 6.07 Å². The summed E-state index contributed by atoms with van der Waals surface area (Å²) in [5.41, 5.74) is 2.51. The molecule has 0 radical (unpaired) electrons. The van der Waals surface area contributed by atoms with Crippen LogP contribution in [-0.2, 0) is 17.7 Å². The van der Waals surface area contributed by atoms with Crippen molar-refractivity contribution in [2.24, 2.45) is 0 Å². The van der Waals surface area contributed by atoms with Crippen LogP contribution < -0.4 is 0 Å². The highest BCUT2D eigenvalue weighted by Crippen LogP contribution is 2.28. The molecule has 1 fully saturated rings. The number of hydrogen-bond donors (Lipinski definition) is 0. The van der Waals surface area contributed by atoms with E-state index in [4.69, 9.17) is 4.74 Å². The van der Waals surface area contributed by atoms with Crippen LogP contribution in [0.2, 0.25) is 0 Å². The second-order valence-corrected chi connectivity index (χ2v) is 4.61. The van der Waals surface area contributed by atoms with Crippen LogP contribution in [0.1, 0.15) is 11.1 Å². The number of benzene rings is 1. The van der Waals surface area contributed by atoms with Crippen molar-refractivity contribution < 1.29 is 9.66 Å². The fourth-order valence-corrected chi connectivity index (χ4v) is 2.63. The Kier molecular flexibility index (Phi) is 2.57. The van der Waals surface area contributed by atoms with E-state index in [2.05, 4.69) is 4.90 Å². The molecule has 1 atom stereocenters. The zero-order chi connectivity index (χ0) is 11.8. The Morgan fingerprint density at radius 2 is 2.29 bits per heavy atom. The van der Waals surface area contributed by atoms with E-state index in [1.54, 1.807) is 12.1 Å². The van der Waals surface area contributed by atoms with Crippen molar-refractivity contribution in [1.82, 2.24) is 4.90 Å². The standard InChI is InChI=1S/C12H14N2O3/c15-14(16)11-2-1-9-5-12-8-17-4-3-13(12)7-10(9)6-11/h1-2,6,12H,3-5,7-8H2. The molecule has 0 aromatic heterocycles. The molecule has 3 rings (SSSR count). The molecule has 0 spiro atoms. The van der Waals surface area contributed by atoms with E-state index in [0.717, 1.165) is 38.3 Å². The number of non-ortho nitro benzene ring substituents is 1. The molecule has 0 bridgehead atoms. The smallest absolute Gasteiger partial charge is 0.269 e. The number of fused-ring (bicyclic) bond motifs is 2. The van der Waals surface area contributed by atoms with Gasteiger partial charge in [-0.15, -0.1) is 0 Å². The van der Waals surface area contributed by atoms with E-state index in [9.17, 15) is 10.1 Å². The van der Waals surface area contributed by atoms with E-state index in [-0.39, 0.29) is 10.6 Å². The molecule has 0 N–H and O–H groups in total. The van der Waals surface area contributed by atoms with Crippen molar-refractivity contribution in [2.75, 3.05) is 19.8 Å². The van der Waals surface area contributed by atoms with Crippen LogP contribution in [0.3, 0.4) is 0 Å². The molecule has 2 aliphatic heterocycles. The number of nitro groups is 1. The zero-order valence-corrected chi connectivity index (χ0v) is 9.46. The molecule has 90 valence electrons. The Bertz CT molecular complexity index is 461.